The minimum absolute atomic E-state index is 0.180. The number of anilines is 1. The zero-order chi connectivity index (χ0) is 22.8. The number of aryl methyl sites for hydroxylation is 1. The number of nitrogens with one attached hydrogen (secondary N) is 1. The van der Waals surface area contributed by atoms with E-state index in [1.807, 2.05) is 43.3 Å². The van der Waals surface area contributed by atoms with Crippen LogP contribution in [0.4, 0.5) is 5.69 Å². The number of methoxy groups -OCH3 is 1. The molecule has 0 saturated heterocycles. The number of amides is 1. The minimum atomic E-state index is -0.467. The van der Waals surface area contributed by atoms with Crippen LogP contribution in [0.3, 0.4) is 0 Å². The molecular formula is C25H25NO6. The molecule has 0 unspecified atom stereocenters. The number of hydrogen-bond donors (Lipinski definition) is 1. The largest absolute Gasteiger partial charge is 0.490 e. The van der Waals surface area contributed by atoms with Crippen LogP contribution in [0.2, 0.25) is 0 Å². The van der Waals surface area contributed by atoms with Crippen LogP contribution in [-0.4, -0.2) is 38.8 Å². The highest BCUT2D eigenvalue weighted by Gasteiger charge is 2.14. The molecule has 166 valence electrons. The molecule has 0 saturated carbocycles. The van der Waals surface area contributed by atoms with Crippen molar-refractivity contribution in [3.05, 3.63) is 83.9 Å². The third-order valence-corrected chi connectivity index (χ3v) is 4.51. The molecule has 3 rings (SSSR count). The van der Waals surface area contributed by atoms with Gasteiger partial charge in [-0.05, 0) is 55.0 Å². The highest BCUT2D eigenvalue weighted by atomic mass is 16.6. The summed E-state index contributed by atoms with van der Waals surface area (Å²) in [4.78, 5) is 24.1. The molecule has 7 nitrogen and oxygen atoms in total. The Bertz CT molecular complexity index is 1050. The summed E-state index contributed by atoms with van der Waals surface area (Å²) < 4.78 is 21.3. The maximum absolute atomic E-state index is 12.9. The van der Waals surface area contributed by atoms with Gasteiger partial charge in [0.05, 0.1) is 12.7 Å². The highest BCUT2D eigenvalue weighted by molar-refractivity contribution is 6.06. The van der Waals surface area contributed by atoms with Gasteiger partial charge < -0.3 is 24.3 Å². The van der Waals surface area contributed by atoms with Gasteiger partial charge in [-0.2, -0.15) is 0 Å². The summed E-state index contributed by atoms with van der Waals surface area (Å²) in [5.41, 5.74) is 1.83. The first-order chi connectivity index (χ1) is 15.6. The zero-order valence-corrected chi connectivity index (χ0v) is 18.0. The molecule has 3 aromatic rings. The molecule has 0 radical (unpaired) electrons. The second-order valence-electron chi connectivity index (χ2n) is 6.80. The molecule has 0 aromatic heterocycles. The molecule has 0 spiro atoms. The molecule has 0 aliphatic carbocycles. The molecular weight excluding hydrogens is 410 g/mol. The molecule has 0 bridgehead atoms. The van der Waals surface area contributed by atoms with Gasteiger partial charge in [-0.1, -0.05) is 30.3 Å². The van der Waals surface area contributed by atoms with Crippen molar-refractivity contribution in [1.82, 2.24) is 0 Å². The lowest BCUT2D eigenvalue weighted by atomic mass is 10.1. The smallest absolute Gasteiger partial charge is 0.343 e. The van der Waals surface area contributed by atoms with Crippen molar-refractivity contribution < 1.29 is 28.5 Å². The number of carbonyl (C=O) groups is 2. The Labute approximate surface area is 186 Å². The van der Waals surface area contributed by atoms with E-state index in [0.29, 0.717) is 36.0 Å². The van der Waals surface area contributed by atoms with Gasteiger partial charge in [-0.3, -0.25) is 4.79 Å². The van der Waals surface area contributed by atoms with Crippen LogP contribution in [0, 0.1) is 6.92 Å². The van der Waals surface area contributed by atoms with Crippen molar-refractivity contribution in [2.75, 3.05) is 32.2 Å². The van der Waals surface area contributed by atoms with E-state index in [1.54, 1.807) is 36.4 Å². The topological polar surface area (TPSA) is 83.1 Å². The van der Waals surface area contributed by atoms with Crippen LogP contribution < -0.4 is 19.5 Å². The van der Waals surface area contributed by atoms with Gasteiger partial charge in [0.15, 0.2) is 6.61 Å². The van der Waals surface area contributed by atoms with Crippen LogP contribution in [-0.2, 0) is 9.53 Å². The van der Waals surface area contributed by atoms with Gasteiger partial charge in [0, 0.05) is 5.69 Å². The van der Waals surface area contributed by atoms with E-state index in [4.69, 9.17) is 14.2 Å². The third kappa shape index (κ3) is 6.50. The minimum Gasteiger partial charge on any atom is -0.490 e. The summed E-state index contributed by atoms with van der Waals surface area (Å²) >= 11 is 0. The van der Waals surface area contributed by atoms with E-state index in [1.165, 1.54) is 7.11 Å². The number of para-hydroxylation sites is 2. The lowest BCUT2D eigenvalue weighted by Crippen LogP contribution is -2.16. The number of benzene rings is 3. The monoisotopic (exact) mass is 435 g/mol. The average molecular weight is 435 g/mol. The zero-order valence-electron chi connectivity index (χ0n) is 18.0. The Morgan fingerprint density at radius 1 is 0.812 bits per heavy atom. The van der Waals surface area contributed by atoms with Gasteiger partial charge in [0.2, 0.25) is 0 Å². The summed E-state index contributed by atoms with van der Waals surface area (Å²) in [5, 5.41) is 2.89. The second-order valence-corrected chi connectivity index (χ2v) is 6.80. The van der Waals surface area contributed by atoms with Gasteiger partial charge in [-0.15, -0.1) is 0 Å². The number of ether oxygens (including phenoxy) is 4. The van der Waals surface area contributed by atoms with Gasteiger partial charge in [0.1, 0.15) is 30.5 Å². The molecule has 0 heterocycles. The Morgan fingerprint density at radius 3 is 2.28 bits per heavy atom. The number of rotatable bonds is 10. The summed E-state index contributed by atoms with van der Waals surface area (Å²) in [5.74, 6) is 0.976. The first kappa shape index (κ1) is 22.7. The molecule has 0 aliphatic rings. The SMILES string of the molecule is COC(=O)COc1ccc(NC(=O)c2ccccc2OCCOc2ccccc2)c(C)c1. The fraction of sp³-hybridized carbons (Fsp3) is 0.200. The van der Waals surface area contributed by atoms with Crippen LogP contribution in [0.1, 0.15) is 15.9 Å². The Morgan fingerprint density at radius 2 is 1.53 bits per heavy atom. The molecule has 0 fully saturated rings. The Balaban J connectivity index is 1.58. The van der Waals surface area contributed by atoms with E-state index >= 15 is 0 Å². The van der Waals surface area contributed by atoms with Gasteiger partial charge in [-0.25, -0.2) is 4.79 Å². The molecule has 7 heteroatoms. The van der Waals surface area contributed by atoms with Crippen molar-refractivity contribution in [3.8, 4) is 17.2 Å². The summed E-state index contributed by atoms with van der Waals surface area (Å²) in [6.45, 7) is 2.31. The third-order valence-electron chi connectivity index (χ3n) is 4.51. The summed E-state index contributed by atoms with van der Waals surface area (Å²) in [6.07, 6.45) is 0. The summed E-state index contributed by atoms with van der Waals surface area (Å²) in [6, 6.07) is 21.6. The molecule has 1 amide bonds. The van der Waals surface area contributed by atoms with Crippen LogP contribution in [0.5, 0.6) is 17.2 Å². The normalized spacial score (nSPS) is 10.2. The fourth-order valence-electron chi connectivity index (χ4n) is 2.86. The van der Waals surface area contributed by atoms with E-state index < -0.39 is 5.97 Å². The standard InChI is InChI=1S/C25H25NO6/c1-18-16-20(32-17-24(27)29-2)12-13-22(18)26-25(28)21-10-6-7-11-23(21)31-15-14-30-19-8-4-3-5-9-19/h3-13,16H,14-15,17H2,1-2H3,(H,26,28). The second kappa shape index (κ2) is 11.4. The first-order valence-electron chi connectivity index (χ1n) is 10.1. The number of hydrogen-bond acceptors (Lipinski definition) is 6. The molecule has 0 atom stereocenters. The van der Waals surface area contributed by atoms with Gasteiger partial charge in [0.25, 0.3) is 5.91 Å². The number of esters is 1. The Kier molecular flexibility index (Phi) is 8.09. The Hall–Kier alpha value is -4.00. The molecule has 1 N–H and O–H groups in total. The maximum atomic E-state index is 12.9. The van der Waals surface area contributed by atoms with Crippen LogP contribution >= 0.6 is 0 Å². The van der Waals surface area contributed by atoms with Crippen molar-refractivity contribution in [2.24, 2.45) is 0 Å². The quantitative estimate of drug-likeness (QED) is 0.379. The predicted octanol–water partition coefficient (Wildman–Crippen LogP) is 4.26. The van der Waals surface area contributed by atoms with E-state index in [-0.39, 0.29) is 12.5 Å². The van der Waals surface area contributed by atoms with Gasteiger partial charge >= 0.3 is 5.97 Å². The number of carbonyl (C=O) groups excluding carboxylic acids is 2. The van der Waals surface area contributed by atoms with Crippen LogP contribution in [0.25, 0.3) is 0 Å². The van der Waals surface area contributed by atoms with Crippen molar-refractivity contribution in [3.63, 3.8) is 0 Å². The van der Waals surface area contributed by atoms with Crippen molar-refractivity contribution in [2.45, 2.75) is 6.92 Å². The lowest BCUT2D eigenvalue weighted by Gasteiger charge is -2.14. The fourth-order valence-corrected chi connectivity index (χ4v) is 2.86. The van der Waals surface area contributed by atoms with Crippen molar-refractivity contribution >= 4 is 17.6 Å². The van der Waals surface area contributed by atoms with Crippen molar-refractivity contribution in [1.29, 1.82) is 0 Å². The predicted molar refractivity (Wildman–Crippen MR) is 121 cm³/mol. The highest BCUT2D eigenvalue weighted by Crippen LogP contribution is 2.24. The maximum Gasteiger partial charge on any atom is 0.343 e. The van der Waals surface area contributed by atoms with Crippen LogP contribution in [0.15, 0.2) is 72.8 Å². The van der Waals surface area contributed by atoms with E-state index in [9.17, 15) is 9.59 Å². The first-order valence-corrected chi connectivity index (χ1v) is 10.1. The molecule has 32 heavy (non-hydrogen) atoms. The summed E-state index contributed by atoms with van der Waals surface area (Å²) in [7, 11) is 1.30. The lowest BCUT2D eigenvalue weighted by molar-refractivity contribution is -0.142. The molecule has 0 aliphatic heterocycles. The van der Waals surface area contributed by atoms with E-state index in [0.717, 1.165) is 11.3 Å². The van der Waals surface area contributed by atoms with E-state index in [2.05, 4.69) is 10.1 Å². The average Bonchev–Trinajstić information content (AvgIpc) is 2.82. The molecule has 3 aromatic carbocycles.